The Hall–Kier alpha value is -4.07. The van der Waals surface area contributed by atoms with Crippen LogP contribution in [0.25, 0.3) is 0 Å². The number of methoxy groups -OCH3 is 1. The first-order chi connectivity index (χ1) is 14.9. The molecule has 8 heteroatoms. The Balaban J connectivity index is 1.87. The van der Waals surface area contributed by atoms with Crippen molar-refractivity contribution in [1.82, 2.24) is 0 Å². The average molecular weight is 420 g/mol. The van der Waals surface area contributed by atoms with Gasteiger partial charge < -0.3 is 25.3 Å². The quantitative estimate of drug-likeness (QED) is 0.729. The second kappa shape index (κ2) is 7.64. The topological polar surface area (TPSA) is 117 Å². The van der Waals surface area contributed by atoms with E-state index in [-0.39, 0.29) is 29.4 Å². The molecule has 0 aromatic heterocycles. The van der Waals surface area contributed by atoms with Crippen molar-refractivity contribution in [3.8, 4) is 0 Å². The molecule has 0 bridgehead atoms. The Morgan fingerprint density at radius 3 is 2.42 bits per heavy atom. The van der Waals surface area contributed by atoms with Gasteiger partial charge in [0.15, 0.2) is 0 Å². The molecule has 1 atom stereocenters. The number of benzene rings is 2. The first-order valence-electron chi connectivity index (χ1n) is 9.51. The third-order valence-electron chi connectivity index (χ3n) is 5.34. The lowest BCUT2D eigenvalue weighted by atomic mass is 9.67. The summed E-state index contributed by atoms with van der Waals surface area (Å²) in [5.74, 6) is -2.55. The van der Waals surface area contributed by atoms with E-state index >= 15 is 0 Å². The summed E-state index contributed by atoms with van der Waals surface area (Å²) in [6.45, 7) is 1.47. The van der Waals surface area contributed by atoms with Crippen LogP contribution in [0, 0.1) is 0 Å². The van der Waals surface area contributed by atoms with E-state index in [0.29, 0.717) is 11.3 Å². The molecule has 1 amide bonds. The summed E-state index contributed by atoms with van der Waals surface area (Å²) < 4.78 is 15.9. The summed E-state index contributed by atoms with van der Waals surface area (Å²) in [6, 6.07) is 15.8. The molecule has 8 nitrogen and oxygen atoms in total. The molecule has 0 fully saturated rings. The van der Waals surface area contributed by atoms with Crippen LogP contribution in [0.5, 0.6) is 0 Å². The predicted octanol–water partition coefficient (Wildman–Crippen LogP) is 2.27. The number of amides is 1. The van der Waals surface area contributed by atoms with Crippen LogP contribution in [0.4, 0.5) is 5.69 Å². The highest BCUT2D eigenvalue weighted by Gasteiger charge is 2.61. The van der Waals surface area contributed by atoms with Crippen LogP contribution in [0.3, 0.4) is 0 Å². The molecule has 0 saturated heterocycles. The number of para-hydroxylation sites is 1. The molecular weight excluding hydrogens is 400 g/mol. The molecule has 31 heavy (non-hydrogen) atoms. The smallest absolute Gasteiger partial charge is 0.340 e. The Morgan fingerprint density at radius 1 is 1.03 bits per heavy atom. The minimum absolute atomic E-state index is 0.0252. The number of esters is 2. The van der Waals surface area contributed by atoms with E-state index < -0.39 is 23.3 Å². The summed E-state index contributed by atoms with van der Waals surface area (Å²) in [4.78, 5) is 39.5. The van der Waals surface area contributed by atoms with E-state index in [2.05, 4.69) is 5.32 Å². The van der Waals surface area contributed by atoms with Crippen LogP contribution in [0.1, 0.15) is 18.1 Å². The van der Waals surface area contributed by atoms with Gasteiger partial charge in [0.05, 0.1) is 7.11 Å². The molecule has 4 rings (SSSR count). The zero-order valence-corrected chi connectivity index (χ0v) is 16.9. The minimum atomic E-state index is -1.86. The predicted molar refractivity (Wildman–Crippen MR) is 110 cm³/mol. The third-order valence-corrected chi connectivity index (χ3v) is 5.34. The first kappa shape index (κ1) is 20.2. The number of nitrogens with one attached hydrogen (secondary N) is 1. The van der Waals surface area contributed by atoms with Crippen LogP contribution < -0.4 is 11.1 Å². The van der Waals surface area contributed by atoms with Crippen molar-refractivity contribution in [3.05, 3.63) is 88.5 Å². The van der Waals surface area contributed by atoms with Crippen molar-refractivity contribution in [2.45, 2.75) is 18.9 Å². The summed E-state index contributed by atoms with van der Waals surface area (Å²) in [6.07, 6.45) is 0. The van der Waals surface area contributed by atoms with Gasteiger partial charge in [0, 0.05) is 11.3 Å². The van der Waals surface area contributed by atoms with Gasteiger partial charge in [-0.3, -0.25) is 4.79 Å². The van der Waals surface area contributed by atoms with Crippen molar-refractivity contribution < 1.29 is 28.6 Å². The highest BCUT2D eigenvalue weighted by atomic mass is 16.5. The number of hydrogen-bond acceptors (Lipinski definition) is 7. The molecule has 2 aromatic carbocycles. The fourth-order valence-electron chi connectivity index (χ4n) is 4.04. The Labute approximate surface area is 178 Å². The van der Waals surface area contributed by atoms with E-state index in [1.165, 1.54) is 6.92 Å². The molecule has 0 aliphatic carbocycles. The Kier molecular flexibility index (Phi) is 4.98. The zero-order chi connectivity index (χ0) is 22.2. The molecule has 2 heterocycles. The molecule has 2 aromatic rings. The lowest BCUT2D eigenvalue weighted by Crippen LogP contribution is -2.48. The van der Waals surface area contributed by atoms with E-state index in [4.69, 9.17) is 19.9 Å². The van der Waals surface area contributed by atoms with Crippen molar-refractivity contribution in [2.24, 2.45) is 5.73 Å². The maximum Gasteiger partial charge on any atom is 0.340 e. The van der Waals surface area contributed by atoms with E-state index in [1.807, 2.05) is 18.2 Å². The van der Waals surface area contributed by atoms with Gasteiger partial charge in [-0.05, 0) is 18.6 Å². The third kappa shape index (κ3) is 3.04. The van der Waals surface area contributed by atoms with E-state index in [0.717, 1.165) is 12.7 Å². The Bertz CT molecular complexity index is 1150. The van der Waals surface area contributed by atoms with Crippen LogP contribution in [-0.4, -0.2) is 25.0 Å². The van der Waals surface area contributed by atoms with Gasteiger partial charge in [0.25, 0.3) is 0 Å². The van der Waals surface area contributed by atoms with Gasteiger partial charge in [-0.2, -0.15) is 0 Å². The summed E-state index contributed by atoms with van der Waals surface area (Å²) in [5.41, 5.74) is 5.39. The fourth-order valence-corrected chi connectivity index (χ4v) is 4.04. The van der Waals surface area contributed by atoms with Crippen molar-refractivity contribution >= 4 is 23.5 Å². The largest absolute Gasteiger partial charge is 0.465 e. The van der Waals surface area contributed by atoms with Crippen LogP contribution >= 0.6 is 0 Å². The maximum absolute atomic E-state index is 13.4. The molecule has 1 spiro atoms. The van der Waals surface area contributed by atoms with Gasteiger partial charge in [-0.25, -0.2) is 9.59 Å². The summed E-state index contributed by atoms with van der Waals surface area (Å²) >= 11 is 0. The number of fused-ring (bicyclic) bond motifs is 2. The van der Waals surface area contributed by atoms with Crippen LogP contribution in [-0.2, 0) is 40.6 Å². The molecule has 158 valence electrons. The number of nitrogens with two attached hydrogens (primary N) is 1. The van der Waals surface area contributed by atoms with Crippen molar-refractivity contribution in [3.63, 3.8) is 0 Å². The zero-order valence-electron chi connectivity index (χ0n) is 16.9. The van der Waals surface area contributed by atoms with Gasteiger partial charge >= 0.3 is 11.9 Å². The number of hydrogen-bond donors (Lipinski definition) is 2. The number of rotatable bonds is 4. The number of allylic oxidation sites excluding steroid dienone is 1. The van der Waals surface area contributed by atoms with Crippen LogP contribution in [0.15, 0.2) is 77.4 Å². The molecule has 1 unspecified atom stereocenters. The lowest BCUT2D eigenvalue weighted by Gasteiger charge is -2.35. The summed E-state index contributed by atoms with van der Waals surface area (Å²) in [5, 5.41) is 2.73. The molecule has 2 aliphatic rings. The normalized spacial score (nSPS) is 19.6. The molecule has 2 aliphatic heterocycles. The number of carbonyl (C=O) groups excluding carboxylic acids is 3. The second-order valence-corrected chi connectivity index (χ2v) is 7.08. The monoisotopic (exact) mass is 420 g/mol. The van der Waals surface area contributed by atoms with Gasteiger partial charge in [-0.15, -0.1) is 0 Å². The summed E-state index contributed by atoms with van der Waals surface area (Å²) in [7, 11) is 1.16. The number of anilines is 1. The van der Waals surface area contributed by atoms with Gasteiger partial charge in [-0.1, -0.05) is 48.5 Å². The second-order valence-electron chi connectivity index (χ2n) is 7.08. The molecule has 0 saturated carbocycles. The van der Waals surface area contributed by atoms with E-state index in [9.17, 15) is 14.4 Å². The highest BCUT2D eigenvalue weighted by molar-refractivity contribution is 6.21. The van der Waals surface area contributed by atoms with Crippen molar-refractivity contribution in [1.29, 1.82) is 0 Å². The van der Waals surface area contributed by atoms with Gasteiger partial charge in [0.1, 0.15) is 28.9 Å². The lowest BCUT2D eigenvalue weighted by molar-refractivity contribution is -0.143. The standard InChI is InChI=1S/C23H20N2O6/c1-13-17(21(27)30-12-14-8-4-3-5-9-14)23(18(19(24)31-13)20(26)29-2)15-10-6-7-11-16(15)25-22(23)28/h3-11H,12,24H2,1-2H3,(H,25,28). The highest BCUT2D eigenvalue weighted by Crippen LogP contribution is 2.52. The van der Waals surface area contributed by atoms with Crippen molar-refractivity contribution in [2.75, 3.05) is 12.4 Å². The fraction of sp³-hybridized carbons (Fsp3) is 0.174. The first-order valence-corrected chi connectivity index (χ1v) is 9.51. The molecular formula is C23H20N2O6. The maximum atomic E-state index is 13.4. The van der Waals surface area contributed by atoms with Crippen LogP contribution in [0.2, 0.25) is 0 Å². The molecule has 3 N–H and O–H groups in total. The Morgan fingerprint density at radius 2 is 1.71 bits per heavy atom. The van der Waals surface area contributed by atoms with E-state index in [1.54, 1.807) is 36.4 Å². The number of carbonyl (C=O) groups is 3. The number of ether oxygens (including phenoxy) is 3. The average Bonchev–Trinajstić information content (AvgIpc) is 3.04. The molecule has 0 radical (unpaired) electrons. The van der Waals surface area contributed by atoms with Gasteiger partial charge in [0.2, 0.25) is 11.8 Å². The SMILES string of the molecule is COC(=O)C1=C(N)OC(C)=C(C(=O)OCc2ccccc2)C12C(=O)Nc1ccccc12. The minimum Gasteiger partial charge on any atom is -0.465 e.